The molecule has 0 saturated heterocycles. The lowest BCUT2D eigenvalue weighted by Crippen LogP contribution is -2.10. The minimum Gasteiger partial charge on any atom is -0.216 e. The van der Waals surface area contributed by atoms with Crippen molar-refractivity contribution in [3.8, 4) is 11.8 Å². The fourth-order valence-corrected chi connectivity index (χ4v) is 2.42. The number of rotatable bonds is 4. The quantitative estimate of drug-likeness (QED) is 0.855. The van der Waals surface area contributed by atoms with Crippen molar-refractivity contribution in [2.24, 2.45) is 0 Å². The summed E-state index contributed by atoms with van der Waals surface area (Å²) in [5, 5.41) is 16.8. The maximum Gasteiger partial charge on any atom is 0.416 e. The molecule has 2 aromatic rings. The van der Waals surface area contributed by atoms with E-state index in [0.717, 1.165) is 25.0 Å². The zero-order chi connectivity index (χ0) is 16.3. The van der Waals surface area contributed by atoms with E-state index in [1.54, 1.807) is 0 Å². The number of halogens is 3. The van der Waals surface area contributed by atoms with Crippen LogP contribution in [0, 0.1) is 11.3 Å². The highest BCUT2D eigenvalue weighted by Gasteiger charge is 2.31. The molecule has 4 nitrogen and oxygen atoms in total. The topological polar surface area (TPSA) is 54.5 Å². The number of nitrogens with zero attached hydrogens (tertiary/aromatic N) is 4. The Kier molecular flexibility index (Phi) is 4.50. The summed E-state index contributed by atoms with van der Waals surface area (Å²) < 4.78 is 39.9. The van der Waals surface area contributed by atoms with Crippen LogP contribution in [0.5, 0.6) is 0 Å². The molecule has 0 bridgehead atoms. The first-order valence-electron chi connectivity index (χ1n) is 6.95. The summed E-state index contributed by atoms with van der Waals surface area (Å²) in [4.78, 5) is 0. The predicted octanol–water partition coefficient (Wildman–Crippen LogP) is 4.06. The molecular formula is C15H15F3N4. The van der Waals surface area contributed by atoms with Crippen LogP contribution >= 0.6 is 0 Å². The second-order valence-electron chi connectivity index (χ2n) is 4.91. The fraction of sp³-hybridized carbons (Fsp3) is 0.400. The van der Waals surface area contributed by atoms with Crippen molar-refractivity contribution in [1.82, 2.24) is 15.0 Å². The van der Waals surface area contributed by atoms with Gasteiger partial charge in [0.1, 0.15) is 6.07 Å². The summed E-state index contributed by atoms with van der Waals surface area (Å²) in [6.07, 6.45) is -2.93. The van der Waals surface area contributed by atoms with Gasteiger partial charge in [-0.2, -0.15) is 18.4 Å². The van der Waals surface area contributed by atoms with Crippen LogP contribution < -0.4 is 0 Å². The maximum atomic E-state index is 12.8. The van der Waals surface area contributed by atoms with Crippen molar-refractivity contribution >= 4 is 0 Å². The Morgan fingerprint density at radius 1 is 1.27 bits per heavy atom. The Balaban J connectivity index is 2.59. The van der Waals surface area contributed by atoms with Gasteiger partial charge in [-0.15, -0.1) is 5.10 Å². The third kappa shape index (κ3) is 2.96. The molecule has 0 aliphatic rings. The van der Waals surface area contributed by atoms with Gasteiger partial charge in [0, 0.05) is 5.92 Å². The smallest absolute Gasteiger partial charge is 0.216 e. The number of alkyl halides is 3. The molecule has 1 heterocycles. The highest BCUT2D eigenvalue weighted by atomic mass is 19.4. The van der Waals surface area contributed by atoms with Gasteiger partial charge < -0.3 is 0 Å². The second-order valence-corrected chi connectivity index (χ2v) is 4.91. The molecule has 0 N–H and O–H groups in total. The Labute approximate surface area is 126 Å². The number of aromatic nitrogens is 3. The summed E-state index contributed by atoms with van der Waals surface area (Å²) in [5.41, 5.74) is 0.221. The number of benzene rings is 1. The Bertz CT molecular complexity index is 694. The molecule has 0 atom stereocenters. The third-order valence-corrected chi connectivity index (χ3v) is 3.60. The van der Waals surface area contributed by atoms with E-state index in [1.807, 2.05) is 19.9 Å². The molecular weight excluding hydrogens is 293 g/mol. The minimum atomic E-state index is -4.43. The zero-order valence-corrected chi connectivity index (χ0v) is 12.2. The molecule has 0 radical (unpaired) electrons. The largest absolute Gasteiger partial charge is 0.416 e. The fourth-order valence-electron chi connectivity index (χ4n) is 2.42. The highest BCUT2D eigenvalue weighted by Crippen LogP contribution is 2.32. The van der Waals surface area contributed by atoms with Crippen molar-refractivity contribution in [3.63, 3.8) is 0 Å². The molecule has 0 fully saturated rings. The lowest BCUT2D eigenvalue weighted by Gasteiger charge is -2.15. The van der Waals surface area contributed by atoms with E-state index in [4.69, 9.17) is 5.26 Å². The Morgan fingerprint density at radius 2 is 1.95 bits per heavy atom. The molecule has 1 aromatic carbocycles. The molecule has 0 unspecified atom stereocenters. The number of hydrogen-bond donors (Lipinski definition) is 0. The molecule has 2 rings (SSSR count). The van der Waals surface area contributed by atoms with E-state index in [9.17, 15) is 13.2 Å². The summed E-state index contributed by atoms with van der Waals surface area (Å²) in [6.45, 7) is 3.91. The van der Waals surface area contributed by atoms with Crippen molar-refractivity contribution in [2.45, 2.75) is 38.8 Å². The minimum absolute atomic E-state index is 0.0131. The van der Waals surface area contributed by atoms with E-state index < -0.39 is 11.7 Å². The molecule has 0 saturated carbocycles. The van der Waals surface area contributed by atoms with Gasteiger partial charge in [-0.25, -0.2) is 4.68 Å². The maximum absolute atomic E-state index is 12.8. The molecule has 0 aliphatic carbocycles. The van der Waals surface area contributed by atoms with Crippen molar-refractivity contribution in [2.75, 3.05) is 0 Å². The molecule has 0 spiro atoms. The lowest BCUT2D eigenvalue weighted by atomic mass is 9.97. The first kappa shape index (κ1) is 16.0. The van der Waals surface area contributed by atoms with Crippen LogP contribution in [0.15, 0.2) is 24.3 Å². The van der Waals surface area contributed by atoms with Crippen LogP contribution in [0.1, 0.15) is 49.6 Å². The van der Waals surface area contributed by atoms with Crippen molar-refractivity contribution in [1.29, 1.82) is 5.26 Å². The molecule has 116 valence electrons. The molecule has 0 amide bonds. The van der Waals surface area contributed by atoms with Crippen molar-refractivity contribution < 1.29 is 13.2 Å². The summed E-state index contributed by atoms with van der Waals surface area (Å²) >= 11 is 0. The third-order valence-electron chi connectivity index (χ3n) is 3.60. The Hall–Kier alpha value is -2.36. The average Bonchev–Trinajstić information content (AvgIpc) is 2.92. The molecule has 1 aromatic heterocycles. The zero-order valence-electron chi connectivity index (χ0n) is 12.2. The Morgan fingerprint density at radius 3 is 2.50 bits per heavy atom. The molecule has 0 aliphatic heterocycles. The van der Waals surface area contributed by atoms with Gasteiger partial charge in [-0.05, 0) is 31.0 Å². The van der Waals surface area contributed by atoms with Gasteiger partial charge >= 0.3 is 6.18 Å². The van der Waals surface area contributed by atoms with Crippen LogP contribution in [0.25, 0.3) is 5.69 Å². The van der Waals surface area contributed by atoms with Crippen LogP contribution in [-0.2, 0) is 6.18 Å². The van der Waals surface area contributed by atoms with Gasteiger partial charge in [0.05, 0.1) is 16.9 Å². The monoisotopic (exact) mass is 308 g/mol. The standard InChI is InChI=1S/C15H15F3N4/c1-3-10(4-2)14-13(9-19)20-21-22(14)12-7-5-6-11(8-12)15(16,17)18/h5-8,10H,3-4H2,1-2H3. The van der Waals surface area contributed by atoms with E-state index in [2.05, 4.69) is 10.3 Å². The first-order chi connectivity index (χ1) is 10.4. The second kappa shape index (κ2) is 6.18. The van der Waals surface area contributed by atoms with E-state index >= 15 is 0 Å². The summed E-state index contributed by atoms with van der Waals surface area (Å²) in [6, 6.07) is 6.83. The normalized spacial score (nSPS) is 11.7. The van der Waals surface area contributed by atoms with E-state index in [-0.39, 0.29) is 17.3 Å². The lowest BCUT2D eigenvalue weighted by molar-refractivity contribution is -0.137. The van der Waals surface area contributed by atoms with E-state index in [1.165, 1.54) is 16.8 Å². The van der Waals surface area contributed by atoms with Gasteiger partial charge in [0.15, 0.2) is 5.69 Å². The van der Waals surface area contributed by atoms with Gasteiger partial charge in [0.2, 0.25) is 0 Å². The van der Waals surface area contributed by atoms with Crippen LogP contribution in [-0.4, -0.2) is 15.0 Å². The molecule has 22 heavy (non-hydrogen) atoms. The van der Waals surface area contributed by atoms with Crippen molar-refractivity contribution in [3.05, 3.63) is 41.2 Å². The van der Waals surface area contributed by atoms with Gasteiger partial charge in [-0.3, -0.25) is 0 Å². The highest BCUT2D eigenvalue weighted by molar-refractivity contribution is 5.41. The number of hydrogen-bond acceptors (Lipinski definition) is 3. The SMILES string of the molecule is CCC(CC)c1c(C#N)nnn1-c1cccc(C(F)(F)F)c1. The van der Waals surface area contributed by atoms with Gasteiger partial charge in [-0.1, -0.05) is 25.1 Å². The molecule has 7 heteroatoms. The van der Waals surface area contributed by atoms with Gasteiger partial charge in [0.25, 0.3) is 0 Å². The van der Waals surface area contributed by atoms with E-state index in [0.29, 0.717) is 5.69 Å². The van der Waals surface area contributed by atoms with Crippen LogP contribution in [0.2, 0.25) is 0 Å². The first-order valence-corrected chi connectivity index (χ1v) is 6.95. The summed E-state index contributed by atoms with van der Waals surface area (Å²) in [5.74, 6) is 0.0131. The van der Waals surface area contributed by atoms with Crippen LogP contribution in [0.4, 0.5) is 13.2 Å². The average molecular weight is 308 g/mol. The summed E-state index contributed by atoms with van der Waals surface area (Å²) in [7, 11) is 0. The van der Waals surface area contributed by atoms with Crippen LogP contribution in [0.3, 0.4) is 0 Å². The number of nitriles is 1. The predicted molar refractivity (Wildman–Crippen MR) is 74.4 cm³/mol.